The highest BCUT2D eigenvalue weighted by molar-refractivity contribution is 6.85. The number of anilines is 1. The number of hydrogen-bond acceptors (Lipinski definition) is 1. The molecule has 98 valence electrons. The van der Waals surface area contributed by atoms with Crippen LogP contribution in [0.5, 0.6) is 0 Å². The molecule has 1 aromatic rings. The van der Waals surface area contributed by atoms with Crippen molar-refractivity contribution in [1.82, 2.24) is 0 Å². The number of benzene rings is 1. The Labute approximate surface area is 122 Å². The average Bonchev–Trinajstić information content (AvgIpc) is 2.25. The zero-order valence-corrected chi connectivity index (χ0v) is 15.1. The van der Waals surface area contributed by atoms with Gasteiger partial charge in [0.1, 0.15) is 8.24 Å². The molecule has 0 N–H and O–H groups in total. The van der Waals surface area contributed by atoms with Gasteiger partial charge in [-0.15, -0.1) is 0 Å². The maximum absolute atomic E-state index is 2.97. The molecule has 0 saturated carbocycles. The SMILES string of the molecule is CC(C)c1cccc(C(C)C)c1[N]([Al])[Si](C)(C)C. The van der Waals surface area contributed by atoms with E-state index in [9.17, 15) is 0 Å². The molecule has 0 heterocycles. The summed E-state index contributed by atoms with van der Waals surface area (Å²) in [6.45, 7) is 16.3. The molecule has 0 amide bonds. The molecule has 0 atom stereocenters. The highest BCUT2D eigenvalue weighted by Crippen LogP contribution is 2.36. The van der Waals surface area contributed by atoms with Crippen molar-refractivity contribution in [2.24, 2.45) is 0 Å². The van der Waals surface area contributed by atoms with Gasteiger partial charge in [-0.2, -0.15) is 0 Å². The van der Waals surface area contributed by atoms with E-state index in [2.05, 4.69) is 85.6 Å². The quantitative estimate of drug-likeness (QED) is 0.722. The minimum Gasteiger partial charge on any atom is -0.505 e. The molecule has 18 heavy (non-hydrogen) atoms. The second-order valence-corrected chi connectivity index (χ2v) is 12.5. The molecule has 1 rings (SSSR count). The lowest BCUT2D eigenvalue weighted by Gasteiger charge is -2.39. The average molecular weight is 275 g/mol. The minimum atomic E-state index is -1.36. The number of para-hydroxylation sites is 1. The molecule has 0 saturated heterocycles. The summed E-state index contributed by atoms with van der Waals surface area (Å²) < 4.78 is 2.48. The van der Waals surface area contributed by atoms with Gasteiger partial charge < -0.3 is 3.55 Å². The van der Waals surface area contributed by atoms with E-state index in [1.807, 2.05) is 0 Å². The lowest BCUT2D eigenvalue weighted by atomic mass is 9.93. The van der Waals surface area contributed by atoms with Gasteiger partial charge in [0, 0.05) is 5.69 Å². The fourth-order valence-electron chi connectivity index (χ4n) is 2.13. The van der Waals surface area contributed by atoms with E-state index in [4.69, 9.17) is 0 Å². The molecule has 0 aromatic heterocycles. The van der Waals surface area contributed by atoms with Crippen molar-refractivity contribution in [3.05, 3.63) is 29.3 Å². The van der Waals surface area contributed by atoms with Gasteiger partial charge in [-0.25, -0.2) is 0 Å². The summed E-state index contributed by atoms with van der Waals surface area (Å²) in [7, 11) is -1.36. The molecule has 0 unspecified atom stereocenters. The predicted octanol–water partition coefficient (Wildman–Crippen LogP) is 4.66. The fourth-order valence-corrected chi connectivity index (χ4v) is 3.35. The summed E-state index contributed by atoms with van der Waals surface area (Å²) in [4.78, 5) is 0. The highest BCUT2D eigenvalue weighted by Gasteiger charge is 2.24. The summed E-state index contributed by atoms with van der Waals surface area (Å²) in [5.74, 6) is 1.14. The maximum Gasteiger partial charge on any atom is 0.297 e. The van der Waals surface area contributed by atoms with Crippen molar-refractivity contribution in [3.8, 4) is 0 Å². The molecule has 1 nitrogen and oxygen atoms in total. The summed E-state index contributed by atoms with van der Waals surface area (Å²) in [5, 5.41) is 0. The fraction of sp³-hybridized carbons (Fsp3) is 0.600. The van der Waals surface area contributed by atoms with Crippen LogP contribution in [0.15, 0.2) is 18.2 Å². The third-order valence-corrected chi connectivity index (χ3v) is 7.56. The molecular weight excluding hydrogens is 249 g/mol. The Balaban J connectivity index is 3.45. The predicted molar refractivity (Wildman–Crippen MR) is 86.2 cm³/mol. The molecule has 0 aliphatic heterocycles. The monoisotopic (exact) mass is 275 g/mol. The van der Waals surface area contributed by atoms with Gasteiger partial charge in [0.05, 0.1) is 0 Å². The second-order valence-electron chi connectivity index (χ2n) is 6.64. The van der Waals surface area contributed by atoms with E-state index in [0.29, 0.717) is 11.8 Å². The first-order valence-electron chi connectivity index (χ1n) is 6.84. The molecular formula is C15H26AlNSi. The van der Waals surface area contributed by atoms with Gasteiger partial charge in [0.25, 0.3) is 16.5 Å². The van der Waals surface area contributed by atoms with Crippen LogP contribution in [-0.2, 0) is 0 Å². The molecule has 0 aliphatic rings. The molecule has 0 aliphatic carbocycles. The van der Waals surface area contributed by atoms with Gasteiger partial charge in [-0.3, -0.25) is 0 Å². The molecule has 1 aromatic carbocycles. The van der Waals surface area contributed by atoms with Gasteiger partial charge in [-0.05, 0) is 23.0 Å². The van der Waals surface area contributed by atoms with Gasteiger partial charge in [-0.1, -0.05) is 65.5 Å². The highest BCUT2D eigenvalue weighted by atomic mass is 28.3. The zero-order chi connectivity index (χ0) is 14.1. The van der Waals surface area contributed by atoms with E-state index in [1.54, 1.807) is 0 Å². The van der Waals surface area contributed by atoms with Crippen molar-refractivity contribution in [1.29, 1.82) is 0 Å². The van der Waals surface area contributed by atoms with Crippen LogP contribution in [0.1, 0.15) is 50.7 Å². The van der Waals surface area contributed by atoms with Crippen LogP contribution in [0.25, 0.3) is 0 Å². The lowest BCUT2D eigenvalue weighted by molar-refractivity contribution is 0.835. The largest absolute Gasteiger partial charge is 0.505 e. The number of hydrogen-bond donors (Lipinski definition) is 0. The zero-order valence-electron chi connectivity index (χ0n) is 12.9. The molecule has 0 fully saturated rings. The third-order valence-electron chi connectivity index (χ3n) is 3.31. The van der Waals surface area contributed by atoms with Crippen molar-refractivity contribution >= 4 is 30.4 Å². The van der Waals surface area contributed by atoms with Gasteiger partial charge in [0.15, 0.2) is 0 Å². The standard InChI is InChI=1S/C15H26NSi.Al/c1-11(2)13-9-8-10-14(12(3)4)15(13)16-17(5,6)7;/h8-12H,1-7H3;/q-1;+1. The lowest BCUT2D eigenvalue weighted by Crippen LogP contribution is -2.45. The van der Waals surface area contributed by atoms with E-state index < -0.39 is 8.24 Å². The van der Waals surface area contributed by atoms with Crippen molar-refractivity contribution < 1.29 is 0 Å². The van der Waals surface area contributed by atoms with Crippen molar-refractivity contribution in [2.45, 2.75) is 59.2 Å². The first-order valence-corrected chi connectivity index (χ1v) is 10.8. The van der Waals surface area contributed by atoms with E-state index in [1.165, 1.54) is 16.8 Å². The van der Waals surface area contributed by atoms with Crippen LogP contribution >= 0.6 is 0 Å². The van der Waals surface area contributed by atoms with Crippen LogP contribution in [0, 0.1) is 0 Å². The van der Waals surface area contributed by atoms with Gasteiger partial charge in [0.2, 0.25) is 0 Å². The molecule has 3 heteroatoms. The van der Waals surface area contributed by atoms with Crippen LogP contribution < -0.4 is 3.55 Å². The summed E-state index contributed by atoms with van der Waals surface area (Å²) in [6.07, 6.45) is 0. The van der Waals surface area contributed by atoms with Crippen molar-refractivity contribution in [3.63, 3.8) is 0 Å². The summed E-state index contributed by atoms with van der Waals surface area (Å²) >= 11 is 2.97. The van der Waals surface area contributed by atoms with Crippen LogP contribution in [0.4, 0.5) is 5.69 Å². The Morgan fingerprint density at radius 2 is 1.33 bits per heavy atom. The summed E-state index contributed by atoms with van der Waals surface area (Å²) in [6, 6.07) is 6.77. The Morgan fingerprint density at radius 1 is 0.944 bits per heavy atom. The van der Waals surface area contributed by atoms with Crippen LogP contribution in [0.2, 0.25) is 19.6 Å². The minimum absolute atomic E-state index is 0.568. The van der Waals surface area contributed by atoms with E-state index >= 15 is 0 Å². The van der Waals surface area contributed by atoms with E-state index in [0.717, 1.165) is 0 Å². The Morgan fingerprint density at radius 3 is 1.61 bits per heavy atom. The number of rotatable bonds is 4. The van der Waals surface area contributed by atoms with Gasteiger partial charge >= 0.3 is 0 Å². The molecule has 0 spiro atoms. The first kappa shape index (κ1) is 15.8. The van der Waals surface area contributed by atoms with Crippen LogP contribution in [-0.4, -0.2) is 24.7 Å². The number of nitrogens with zero attached hydrogens (tertiary/aromatic N) is 1. The Bertz CT molecular complexity index is 381. The van der Waals surface area contributed by atoms with Crippen LogP contribution in [0.3, 0.4) is 0 Å². The smallest absolute Gasteiger partial charge is 0.297 e. The Kier molecular flexibility index (Phi) is 5.12. The summed E-state index contributed by atoms with van der Waals surface area (Å²) in [5.41, 5.74) is 4.39. The van der Waals surface area contributed by atoms with Crippen molar-refractivity contribution in [2.75, 3.05) is 3.55 Å². The Hall–Kier alpha value is -0.231. The third kappa shape index (κ3) is 3.41. The molecule has 2 radical (unpaired) electrons. The second kappa shape index (κ2) is 5.82. The van der Waals surface area contributed by atoms with E-state index in [-0.39, 0.29) is 0 Å². The normalized spacial score (nSPS) is 12.3. The maximum atomic E-state index is 2.97. The molecule has 0 bridgehead atoms. The first-order chi connectivity index (χ1) is 8.16. The topological polar surface area (TPSA) is 3.24 Å².